The van der Waals surface area contributed by atoms with E-state index in [0.717, 1.165) is 44.6 Å². The van der Waals surface area contributed by atoms with Crippen LogP contribution >= 0.6 is 0 Å². The maximum absolute atomic E-state index is 5.94. The van der Waals surface area contributed by atoms with Gasteiger partial charge < -0.3 is 14.8 Å². The van der Waals surface area contributed by atoms with Gasteiger partial charge in [0.15, 0.2) is 0 Å². The summed E-state index contributed by atoms with van der Waals surface area (Å²) in [7, 11) is 1.78. The predicted octanol–water partition coefficient (Wildman–Crippen LogP) is 3.48. The minimum atomic E-state index is 0.302. The molecule has 3 heteroatoms. The Morgan fingerprint density at radius 3 is 2.95 bits per heavy atom. The first-order valence-electron chi connectivity index (χ1n) is 7.77. The van der Waals surface area contributed by atoms with Crippen LogP contribution in [0.1, 0.15) is 50.3 Å². The highest BCUT2D eigenvalue weighted by atomic mass is 16.5. The zero-order valence-electron chi connectivity index (χ0n) is 12.9. The minimum Gasteiger partial charge on any atom is -0.493 e. The molecule has 3 nitrogen and oxygen atoms in total. The Balaban J connectivity index is 2.16. The molecule has 0 amide bonds. The minimum absolute atomic E-state index is 0.302. The zero-order chi connectivity index (χ0) is 14.4. The molecule has 0 aromatic heterocycles. The summed E-state index contributed by atoms with van der Waals surface area (Å²) in [5, 5.41) is 3.59. The van der Waals surface area contributed by atoms with E-state index < -0.39 is 0 Å². The Bertz CT molecular complexity index is 419. The van der Waals surface area contributed by atoms with Gasteiger partial charge in [0.05, 0.1) is 12.7 Å². The Morgan fingerprint density at radius 2 is 2.20 bits per heavy atom. The number of hydrogen-bond acceptors (Lipinski definition) is 3. The predicted molar refractivity (Wildman–Crippen MR) is 82.4 cm³/mol. The Kier molecular flexibility index (Phi) is 5.86. The van der Waals surface area contributed by atoms with Gasteiger partial charge in [0, 0.05) is 18.7 Å². The largest absolute Gasteiger partial charge is 0.493 e. The first kappa shape index (κ1) is 15.3. The van der Waals surface area contributed by atoms with E-state index in [2.05, 4.69) is 37.4 Å². The molecule has 0 saturated carbocycles. The van der Waals surface area contributed by atoms with Gasteiger partial charge in [-0.05, 0) is 44.7 Å². The van der Waals surface area contributed by atoms with Crippen molar-refractivity contribution in [1.82, 2.24) is 5.32 Å². The van der Waals surface area contributed by atoms with E-state index in [1.54, 1.807) is 7.11 Å². The van der Waals surface area contributed by atoms with Gasteiger partial charge in [0.2, 0.25) is 0 Å². The van der Waals surface area contributed by atoms with Gasteiger partial charge in [-0.25, -0.2) is 0 Å². The standard InChI is InChI=1S/C17H27NO2/c1-4-18-16(11-10-13(2)19-3)15-9-5-7-14-8-6-12-20-17(14)15/h5,7,9,13,16,18H,4,6,8,10-12H2,1-3H3. The third kappa shape index (κ3) is 3.74. The van der Waals surface area contributed by atoms with Crippen molar-refractivity contribution in [3.05, 3.63) is 29.3 Å². The molecule has 0 fully saturated rings. The second-order valence-electron chi connectivity index (χ2n) is 5.52. The van der Waals surface area contributed by atoms with Crippen LogP contribution in [0.3, 0.4) is 0 Å². The Hall–Kier alpha value is -1.06. The van der Waals surface area contributed by atoms with E-state index in [-0.39, 0.29) is 0 Å². The van der Waals surface area contributed by atoms with Crippen LogP contribution in [0.4, 0.5) is 0 Å². The first-order valence-corrected chi connectivity index (χ1v) is 7.77. The fourth-order valence-electron chi connectivity index (χ4n) is 2.82. The Labute approximate surface area is 122 Å². The van der Waals surface area contributed by atoms with Crippen molar-refractivity contribution < 1.29 is 9.47 Å². The fourth-order valence-corrected chi connectivity index (χ4v) is 2.82. The van der Waals surface area contributed by atoms with Gasteiger partial charge in [0.1, 0.15) is 5.75 Å². The van der Waals surface area contributed by atoms with Crippen molar-refractivity contribution in [2.45, 2.75) is 51.7 Å². The number of benzene rings is 1. The molecule has 2 unspecified atom stereocenters. The van der Waals surface area contributed by atoms with Crippen LogP contribution in [-0.2, 0) is 11.2 Å². The molecule has 2 atom stereocenters. The third-order valence-corrected chi connectivity index (χ3v) is 4.05. The lowest BCUT2D eigenvalue weighted by Crippen LogP contribution is -2.24. The molecule has 2 rings (SSSR count). The molecule has 1 aliphatic heterocycles. The molecule has 1 N–H and O–H groups in total. The van der Waals surface area contributed by atoms with E-state index in [4.69, 9.17) is 9.47 Å². The number of nitrogens with one attached hydrogen (secondary N) is 1. The van der Waals surface area contributed by atoms with Gasteiger partial charge in [0.25, 0.3) is 0 Å². The summed E-state index contributed by atoms with van der Waals surface area (Å²) in [5.74, 6) is 1.12. The summed E-state index contributed by atoms with van der Waals surface area (Å²) < 4.78 is 11.3. The maximum Gasteiger partial charge on any atom is 0.127 e. The lowest BCUT2D eigenvalue weighted by Gasteiger charge is -2.26. The van der Waals surface area contributed by atoms with E-state index in [9.17, 15) is 0 Å². The van der Waals surface area contributed by atoms with Crippen molar-refractivity contribution >= 4 is 0 Å². The van der Waals surface area contributed by atoms with Gasteiger partial charge in [-0.1, -0.05) is 25.1 Å². The van der Waals surface area contributed by atoms with Crippen molar-refractivity contribution in [3.63, 3.8) is 0 Å². The molecule has 1 aromatic rings. The van der Waals surface area contributed by atoms with E-state index >= 15 is 0 Å². The molecule has 0 spiro atoms. The SMILES string of the molecule is CCNC(CCC(C)OC)c1cccc2c1OCCC2. The second-order valence-corrected chi connectivity index (χ2v) is 5.52. The third-order valence-electron chi connectivity index (χ3n) is 4.05. The number of fused-ring (bicyclic) bond motifs is 1. The monoisotopic (exact) mass is 277 g/mol. The smallest absolute Gasteiger partial charge is 0.127 e. The van der Waals surface area contributed by atoms with E-state index in [0.29, 0.717) is 12.1 Å². The lowest BCUT2D eigenvalue weighted by atomic mass is 9.94. The molecule has 0 bridgehead atoms. The summed E-state index contributed by atoms with van der Waals surface area (Å²) in [6.07, 6.45) is 4.69. The van der Waals surface area contributed by atoms with Crippen molar-refractivity contribution in [1.29, 1.82) is 0 Å². The average Bonchev–Trinajstić information content (AvgIpc) is 2.50. The van der Waals surface area contributed by atoms with E-state index in [1.165, 1.54) is 11.1 Å². The number of hydrogen-bond donors (Lipinski definition) is 1. The molecular formula is C17H27NO2. The van der Waals surface area contributed by atoms with Gasteiger partial charge >= 0.3 is 0 Å². The molecule has 1 heterocycles. The maximum atomic E-state index is 5.94. The van der Waals surface area contributed by atoms with Crippen LogP contribution in [-0.4, -0.2) is 26.4 Å². The first-order chi connectivity index (χ1) is 9.76. The summed E-state index contributed by atoms with van der Waals surface area (Å²) in [5.41, 5.74) is 2.67. The van der Waals surface area contributed by atoms with Crippen LogP contribution < -0.4 is 10.1 Å². The van der Waals surface area contributed by atoms with Crippen molar-refractivity contribution in [2.75, 3.05) is 20.3 Å². The highest BCUT2D eigenvalue weighted by Crippen LogP contribution is 2.34. The summed E-state index contributed by atoms with van der Waals surface area (Å²) in [6.45, 7) is 6.09. The Morgan fingerprint density at radius 1 is 1.35 bits per heavy atom. The molecule has 1 aliphatic rings. The van der Waals surface area contributed by atoms with Crippen LogP contribution in [0.5, 0.6) is 5.75 Å². The zero-order valence-corrected chi connectivity index (χ0v) is 12.9. The topological polar surface area (TPSA) is 30.5 Å². The summed E-state index contributed by atoms with van der Waals surface area (Å²) >= 11 is 0. The van der Waals surface area contributed by atoms with Crippen LogP contribution in [0.25, 0.3) is 0 Å². The normalized spacial score (nSPS) is 17.1. The fraction of sp³-hybridized carbons (Fsp3) is 0.647. The molecule has 20 heavy (non-hydrogen) atoms. The van der Waals surface area contributed by atoms with Crippen LogP contribution in [0.15, 0.2) is 18.2 Å². The van der Waals surface area contributed by atoms with Gasteiger partial charge in [-0.15, -0.1) is 0 Å². The number of para-hydroxylation sites is 1. The molecule has 0 radical (unpaired) electrons. The number of ether oxygens (including phenoxy) is 2. The van der Waals surface area contributed by atoms with Gasteiger partial charge in [-0.2, -0.15) is 0 Å². The number of methoxy groups -OCH3 is 1. The molecular weight excluding hydrogens is 250 g/mol. The van der Waals surface area contributed by atoms with Crippen molar-refractivity contribution in [2.24, 2.45) is 0 Å². The molecule has 0 saturated heterocycles. The summed E-state index contributed by atoms with van der Waals surface area (Å²) in [4.78, 5) is 0. The average molecular weight is 277 g/mol. The van der Waals surface area contributed by atoms with E-state index in [1.807, 2.05) is 0 Å². The second kappa shape index (κ2) is 7.65. The molecule has 112 valence electrons. The number of aryl methyl sites for hydroxylation is 1. The number of rotatable bonds is 7. The van der Waals surface area contributed by atoms with Crippen LogP contribution in [0, 0.1) is 0 Å². The molecule has 1 aromatic carbocycles. The van der Waals surface area contributed by atoms with Gasteiger partial charge in [-0.3, -0.25) is 0 Å². The van der Waals surface area contributed by atoms with Crippen molar-refractivity contribution in [3.8, 4) is 5.75 Å². The highest BCUT2D eigenvalue weighted by molar-refractivity contribution is 5.44. The molecule has 0 aliphatic carbocycles. The van der Waals surface area contributed by atoms with Crippen LogP contribution in [0.2, 0.25) is 0 Å². The highest BCUT2D eigenvalue weighted by Gasteiger charge is 2.20. The lowest BCUT2D eigenvalue weighted by molar-refractivity contribution is 0.106. The quantitative estimate of drug-likeness (QED) is 0.827. The summed E-state index contributed by atoms with van der Waals surface area (Å²) in [6, 6.07) is 6.91.